The molecule has 0 aromatic heterocycles. The molecule has 2 aromatic carbocycles. The van der Waals surface area contributed by atoms with E-state index in [2.05, 4.69) is 10.6 Å². The van der Waals surface area contributed by atoms with Crippen LogP contribution in [0.1, 0.15) is 13.8 Å². The van der Waals surface area contributed by atoms with Gasteiger partial charge in [-0.3, -0.25) is 9.59 Å². The van der Waals surface area contributed by atoms with Crippen molar-refractivity contribution in [3.8, 4) is 0 Å². The van der Waals surface area contributed by atoms with Crippen LogP contribution < -0.4 is 15.5 Å². The number of benzene rings is 2. The van der Waals surface area contributed by atoms with Crippen LogP contribution in [0.5, 0.6) is 0 Å². The second kappa shape index (κ2) is 8.10. The molecule has 0 heterocycles. The van der Waals surface area contributed by atoms with Crippen molar-refractivity contribution < 1.29 is 14.0 Å². The summed E-state index contributed by atoms with van der Waals surface area (Å²) in [5.41, 5.74) is 1.42. The fourth-order valence-electron chi connectivity index (χ4n) is 2.32. The Bertz CT molecular complexity index is 719. The molecule has 0 saturated heterocycles. The van der Waals surface area contributed by atoms with Crippen molar-refractivity contribution in [1.29, 1.82) is 0 Å². The zero-order valence-electron chi connectivity index (χ0n) is 13.7. The first-order valence-electron chi connectivity index (χ1n) is 7.67. The number of rotatable bonds is 6. The molecule has 0 unspecified atom stereocenters. The molecule has 2 amide bonds. The third-order valence-corrected chi connectivity index (χ3v) is 3.40. The fourth-order valence-corrected chi connectivity index (χ4v) is 2.32. The molecule has 2 N–H and O–H groups in total. The average Bonchev–Trinajstić information content (AvgIpc) is 2.56. The van der Waals surface area contributed by atoms with Crippen LogP contribution in [0, 0.1) is 5.82 Å². The summed E-state index contributed by atoms with van der Waals surface area (Å²) in [5.74, 6) is -0.905. The number of nitrogens with one attached hydrogen (secondary N) is 2. The molecule has 0 bridgehead atoms. The Morgan fingerprint density at radius 1 is 1.12 bits per heavy atom. The van der Waals surface area contributed by atoms with Gasteiger partial charge in [0.1, 0.15) is 5.82 Å². The number of hydrogen-bond donors (Lipinski definition) is 2. The molecule has 0 fully saturated rings. The van der Waals surface area contributed by atoms with Crippen molar-refractivity contribution in [1.82, 2.24) is 0 Å². The van der Waals surface area contributed by atoms with Gasteiger partial charge in [-0.15, -0.1) is 0 Å². The van der Waals surface area contributed by atoms with E-state index in [0.29, 0.717) is 12.2 Å². The molecule has 0 saturated carbocycles. The maximum absolute atomic E-state index is 13.9. The van der Waals surface area contributed by atoms with E-state index in [-0.39, 0.29) is 24.0 Å². The maximum atomic E-state index is 13.9. The van der Waals surface area contributed by atoms with Crippen LogP contribution in [0.25, 0.3) is 0 Å². The Kier molecular flexibility index (Phi) is 5.89. The largest absolute Gasteiger partial charge is 0.374 e. The predicted octanol–water partition coefficient (Wildman–Crippen LogP) is 3.25. The Balaban J connectivity index is 2.06. The molecular weight excluding hydrogens is 309 g/mol. The smallest absolute Gasteiger partial charge is 0.246 e. The number of halogens is 1. The number of anilines is 3. The highest BCUT2D eigenvalue weighted by Crippen LogP contribution is 2.20. The lowest BCUT2D eigenvalue weighted by Gasteiger charge is -2.21. The van der Waals surface area contributed by atoms with Crippen LogP contribution in [-0.4, -0.2) is 24.9 Å². The van der Waals surface area contributed by atoms with Gasteiger partial charge in [0.25, 0.3) is 0 Å². The lowest BCUT2D eigenvalue weighted by molar-refractivity contribution is -0.117. The molecule has 126 valence electrons. The number of nitrogens with zero attached hydrogens (tertiary/aromatic N) is 1. The highest BCUT2D eigenvalue weighted by molar-refractivity contribution is 5.96. The van der Waals surface area contributed by atoms with Gasteiger partial charge in [-0.05, 0) is 37.3 Å². The Labute approximate surface area is 140 Å². The van der Waals surface area contributed by atoms with Crippen molar-refractivity contribution in [3.63, 3.8) is 0 Å². The molecule has 0 aliphatic carbocycles. The predicted molar refractivity (Wildman–Crippen MR) is 93.7 cm³/mol. The molecule has 0 radical (unpaired) electrons. The van der Waals surface area contributed by atoms with Crippen molar-refractivity contribution in [3.05, 3.63) is 54.3 Å². The standard InChI is InChI=1S/C18H20FN3O2/c1-3-22(15-7-5-4-6-8-15)18(24)12-20-17-11-14(21-13(2)23)9-10-16(17)19/h4-11,20H,3,12H2,1-2H3,(H,21,23). The van der Waals surface area contributed by atoms with Gasteiger partial charge >= 0.3 is 0 Å². The van der Waals surface area contributed by atoms with Crippen LogP contribution >= 0.6 is 0 Å². The normalized spacial score (nSPS) is 10.1. The zero-order valence-corrected chi connectivity index (χ0v) is 13.7. The lowest BCUT2D eigenvalue weighted by Crippen LogP contribution is -2.35. The van der Waals surface area contributed by atoms with E-state index in [0.717, 1.165) is 5.69 Å². The summed E-state index contributed by atoms with van der Waals surface area (Å²) in [7, 11) is 0. The van der Waals surface area contributed by atoms with E-state index >= 15 is 0 Å². The molecule has 5 nitrogen and oxygen atoms in total. The second-order valence-electron chi connectivity index (χ2n) is 5.20. The summed E-state index contributed by atoms with van der Waals surface area (Å²) >= 11 is 0. The Hall–Kier alpha value is -2.89. The highest BCUT2D eigenvalue weighted by atomic mass is 19.1. The topological polar surface area (TPSA) is 61.4 Å². The first kappa shape index (κ1) is 17.5. The van der Waals surface area contributed by atoms with Gasteiger partial charge in [0.05, 0.1) is 12.2 Å². The van der Waals surface area contributed by atoms with Crippen molar-refractivity contribution in [2.45, 2.75) is 13.8 Å². The third kappa shape index (κ3) is 4.55. The number of carbonyl (C=O) groups excluding carboxylic acids is 2. The molecular formula is C18H20FN3O2. The molecule has 2 rings (SSSR count). The maximum Gasteiger partial charge on any atom is 0.246 e. The molecule has 0 aliphatic rings. The molecule has 0 atom stereocenters. The van der Waals surface area contributed by atoms with Crippen molar-refractivity contribution >= 4 is 28.9 Å². The molecule has 0 aliphatic heterocycles. The highest BCUT2D eigenvalue weighted by Gasteiger charge is 2.14. The first-order valence-corrected chi connectivity index (χ1v) is 7.67. The van der Waals surface area contributed by atoms with Crippen LogP contribution in [0.2, 0.25) is 0 Å². The van der Waals surface area contributed by atoms with Gasteiger partial charge in [-0.1, -0.05) is 18.2 Å². The van der Waals surface area contributed by atoms with E-state index < -0.39 is 5.82 Å². The molecule has 6 heteroatoms. The fraction of sp³-hybridized carbons (Fsp3) is 0.222. The molecule has 2 aromatic rings. The molecule has 24 heavy (non-hydrogen) atoms. The summed E-state index contributed by atoms with van der Waals surface area (Å²) in [6, 6.07) is 13.5. The zero-order chi connectivity index (χ0) is 17.5. The summed E-state index contributed by atoms with van der Waals surface area (Å²) in [6.45, 7) is 3.71. The molecule has 0 spiro atoms. The van der Waals surface area contributed by atoms with E-state index in [1.54, 1.807) is 4.90 Å². The van der Waals surface area contributed by atoms with Gasteiger partial charge in [-0.25, -0.2) is 4.39 Å². The van der Waals surface area contributed by atoms with Crippen LogP contribution in [0.4, 0.5) is 21.5 Å². The second-order valence-corrected chi connectivity index (χ2v) is 5.20. The minimum Gasteiger partial charge on any atom is -0.374 e. The SMILES string of the molecule is CCN(C(=O)CNc1cc(NC(C)=O)ccc1F)c1ccccc1. The third-order valence-electron chi connectivity index (χ3n) is 3.40. The van der Waals surface area contributed by atoms with Crippen LogP contribution in [0.3, 0.4) is 0 Å². The number of carbonyl (C=O) groups is 2. The summed E-state index contributed by atoms with van der Waals surface area (Å²) in [6.07, 6.45) is 0. The van der Waals surface area contributed by atoms with Gasteiger partial charge in [0.15, 0.2) is 0 Å². The summed E-state index contributed by atoms with van der Waals surface area (Å²) < 4.78 is 13.9. The van der Waals surface area contributed by atoms with E-state index in [4.69, 9.17) is 0 Å². The monoisotopic (exact) mass is 329 g/mol. The van der Waals surface area contributed by atoms with E-state index in [1.807, 2.05) is 37.3 Å². The Morgan fingerprint density at radius 3 is 2.46 bits per heavy atom. The van der Waals surface area contributed by atoms with Gasteiger partial charge < -0.3 is 15.5 Å². The number of para-hydroxylation sites is 1. The lowest BCUT2D eigenvalue weighted by atomic mass is 10.2. The van der Waals surface area contributed by atoms with Crippen molar-refractivity contribution in [2.24, 2.45) is 0 Å². The van der Waals surface area contributed by atoms with E-state index in [1.165, 1.54) is 25.1 Å². The minimum atomic E-state index is -0.486. The first-order chi connectivity index (χ1) is 11.5. The van der Waals surface area contributed by atoms with Crippen LogP contribution in [0.15, 0.2) is 48.5 Å². The van der Waals surface area contributed by atoms with E-state index in [9.17, 15) is 14.0 Å². The summed E-state index contributed by atoms with van der Waals surface area (Å²) in [5, 5.41) is 5.37. The van der Waals surface area contributed by atoms with Crippen LogP contribution in [-0.2, 0) is 9.59 Å². The number of amides is 2. The van der Waals surface area contributed by atoms with Gasteiger partial charge in [0.2, 0.25) is 11.8 Å². The number of likely N-dealkylation sites (N-methyl/N-ethyl adjacent to an activating group) is 1. The summed E-state index contributed by atoms with van der Waals surface area (Å²) in [4.78, 5) is 25.1. The van der Waals surface area contributed by atoms with Gasteiger partial charge in [-0.2, -0.15) is 0 Å². The number of hydrogen-bond acceptors (Lipinski definition) is 3. The van der Waals surface area contributed by atoms with Gasteiger partial charge in [0, 0.05) is 24.8 Å². The minimum absolute atomic E-state index is 0.0524. The quantitative estimate of drug-likeness (QED) is 0.855. The van der Waals surface area contributed by atoms with Crippen molar-refractivity contribution in [2.75, 3.05) is 28.6 Å². The average molecular weight is 329 g/mol. The Morgan fingerprint density at radius 2 is 1.83 bits per heavy atom.